The van der Waals surface area contributed by atoms with Crippen LogP contribution in [-0.2, 0) is 18.6 Å². The highest BCUT2D eigenvalue weighted by molar-refractivity contribution is 7.79. The Kier molecular flexibility index (Phi) is 1.98. The number of anilines is 1. The molecule has 0 radical (unpaired) electrons. The van der Waals surface area contributed by atoms with Crippen LogP contribution in [0.15, 0.2) is 12.1 Å². The van der Waals surface area contributed by atoms with E-state index in [1.807, 2.05) is 0 Å². The standard InChI is InChI=1S/C12H15NS/c14-8-9-6-10-2-1-4-13-5-3-11(7-9)12(10)13/h6-7,14H,1-5,8H2. The number of hydrogen-bond acceptors (Lipinski definition) is 2. The summed E-state index contributed by atoms with van der Waals surface area (Å²) in [6.45, 7) is 2.50. The third kappa shape index (κ3) is 1.17. The Hall–Kier alpha value is -0.630. The van der Waals surface area contributed by atoms with Gasteiger partial charge in [0, 0.05) is 24.5 Å². The van der Waals surface area contributed by atoms with Gasteiger partial charge in [-0.05, 0) is 36.0 Å². The first kappa shape index (κ1) is 8.66. The fourth-order valence-corrected chi connectivity index (χ4v) is 2.94. The van der Waals surface area contributed by atoms with Gasteiger partial charge in [0.15, 0.2) is 0 Å². The highest BCUT2D eigenvalue weighted by atomic mass is 32.1. The summed E-state index contributed by atoms with van der Waals surface area (Å²) >= 11 is 4.36. The van der Waals surface area contributed by atoms with E-state index in [9.17, 15) is 0 Å². The molecule has 0 amide bonds. The van der Waals surface area contributed by atoms with Crippen LogP contribution in [0.1, 0.15) is 23.1 Å². The van der Waals surface area contributed by atoms with Crippen molar-refractivity contribution in [2.24, 2.45) is 0 Å². The highest BCUT2D eigenvalue weighted by Gasteiger charge is 2.25. The number of hydrogen-bond donors (Lipinski definition) is 1. The van der Waals surface area contributed by atoms with Gasteiger partial charge in [-0.2, -0.15) is 12.6 Å². The molecule has 1 nitrogen and oxygen atoms in total. The lowest BCUT2D eigenvalue weighted by Crippen LogP contribution is -2.26. The van der Waals surface area contributed by atoms with E-state index in [0.717, 1.165) is 5.75 Å². The minimum atomic E-state index is 0.875. The van der Waals surface area contributed by atoms with Crippen LogP contribution >= 0.6 is 12.6 Å². The normalized spacial score (nSPS) is 18.5. The molecule has 0 saturated heterocycles. The van der Waals surface area contributed by atoms with Crippen molar-refractivity contribution in [2.45, 2.75) is 25.0 Å². The first-order chi connectivity index (χ1) is 6.88. The molecule has 0 saturated carbocycles. The van der Waals surface area contributed by atoms with Gasteiger partial charge in [-0.1, -0.05) is 12.1 Å². The number of aryl methyl sites for hydroxylation is 1. The molecule has 0 aliphatic carbocycles. The Morgan fingerprint density at radius 3 is 2.71 bits per heavy atom. The minimum Gasteiger partial charge on any atom is -0.371 e. The zero-order chi connectivity index (χ0) is 9.54. The maximum absolute atomic E-state index is 4.36. The SMILES string of the molecule is SCc1cc2c3c(c1)CCN3CCC2. The molecule has 2 aliphatic heterocycles. The van der Waals surface area contributed by atoms with Crippen molar-refractivity contribution in [3.05, 3.63) is 28.8 Å². The fourth-order valence-electron chi connectivity index (χ4n) is 2.76. The molecule has 3 rings (SSSR count). The van der Waals surface area contributed by atoms with E-state index in [1.165, 1.54) is 37.9 Å². The summed E-state index contributed by atoms with van der Waals surface area (Å²) in [5, 5.41) is 0. The topological polar surface area (TPSA) is 3.24 Å². The van der Waals surface area contributed by atoms with Gasteiger partial charge in [-0.25, -0.2) is 0 Å². The Bertz CT molecular complexity index is 373. The Morgan fingerprint density at radius 2 is 1.93 bits per heavy atom. The van der Waals surface area contributed by atoms with Crippen molar-refractivity contribution in [2.75, 3.05) is 18.0 Å². The molecule has 0 spiro atoms. The molecule has 0 aromatic heterocycles. The number of thiol groups is 1. The van der Waals surface area contributed by atoms with E-state index < -0.39 is 0 Å². The van der Waals surface area contributed by atoms with Crippen molar-refractivity contribution in [3.63, 3.8) is 0 Å². The molecule has 2 heteroatoms. The van der Waals surface area contributed by atoms with Crippen LogP contribution in [0, 0.1) is 0 Å². The van der Waals surface area contributed by atoms with Crippen LogP contribution in [0.25, 0.3) is 0 Å². The maximum Gasteiger partial charge on any atom is 0.0432 e. The molecule has 2 heterocycles. The van der Waals surface area contributed by atoms with Crippen LogP contribution < -0.4 is 4.90 Å². The monoisotopic (exact) mass is 205 g/mol. The minimum absolute atomic E-state index is 0.875. The van der Waals surface area contributed by atoms with Gasteiger partial charge >= 0.3 is 0 Å². The van der Waals surface area contributed by atoms with Gasteiger partial charge in [-0.15, -0.1) is 0 Å². The maximum atomic E-state index is 4.36. The Labute approximate surface area is 90.5 Å². The lowest BCUT2D eigenvalue weighted by molar-refractivity contribution is 0.719. The van der Waals surface area contributed by atoms with Gasteiger partial charge in [-0.3, -0.25) is 0 Å². The third-order valence-electron chi connectivity index (χ3n) is 3.35. The summed E-state index contributed by atoms with van der Waals surface area (Å²) in [7, 11) is 0. The third-order valence-corrected chi connectivity index (χ3v) is 3.72. The van der Waals surface area contributed by atoms with E-state index in [4.69, 9.17) is 0 Å². The fraction of sp³-hybridized carbons (Fsp3) is 0.500. The van der Waals surface area contributed by atoms with E-state index in [-0.39, 0.29) is 0 Å². The number of rotatable bonds is 1. The van der Waals surface area contributed by atoms with Gasteiger partial charge in [0.1, 0.15) is 0 Å². The second-order valence-corrected chi connectivity index (χ2v) is 4.58. The summed E-state index contributed by atoms with van der Waals surface area (Å²) in [5.74, 6) is 0.875. The molecular formula is C12H15NS. The highest BCUT2D eigenvalue weighted by Crippen LogP contribution is 2.36. The van der Waals surface area contributed by atoms with E-state index in [1.54, 1.807) is 16.8 Å². The van der Waals surface area contributed by atoms with Gasteiger partial charge in [0.05, 0.1) is 0 Å². The van der Waals surface area contributed by atoms with Gasteiger partial charge < -0.3 is 4.90 Å². The molecular weight excluding hydrogens is 190 g/mol. The van der Waals surface area contributed by atoms with Crippen molar-refractivity contribution in [1.82, 2.24) is 0 Å². The molecule has 1 aromatic rings. The molecule has 0 unspecified atom stereocenters. The molecule has 0 N–H and O–H groups in total. The van der Waals surface area contributed by atoms with Crippen LogP contribution in [-0.4, -0.2) is 13.1 Å². The number of nitrogens with zero attached hydrogens (tertiary/aromatic N) is 1. The molecule has 0 bridgehead atoms. The van der Waals surface area contributed by atoms with Crippen molar-refractivity contribution < 1.29 is 0 Å². The average molecular weight is 205 g/mol. The molecule has 1 aromatic carbocycles. The molecule has 0 atom stereocenters. The van der Waals surface area contributed by atoms with Crippen LogP contribution in [0.4, 0.5) is 5.69 Å². The Balaban J connectivity index is 2.16. The quantitative estimate of drug-likeness (QED) is 0.689. The lowest BCUT2D eigenvalue weighted by Gasteiger charge is -2.27. The Morgan fingerprint density at radius 1 is 1.14 bits per heavy atom. The van der Waals surface area contributed by atoms with Gasteiger partial charge in [0.2, 0.25) is 0 Å². The lowest BCUT2D eigenvalue weighted by atomic mass is 9.97. The first-order valence-electron chi connectivity index (χ1n) is 5.39. The van der Waals surface area contributed by atoms with E-state index in [0.29, 0.717) is 0 Å². The molecule has 14 heavy (non-hydrogen) atoms. The van der Waals surface area contributed by atoms with Crippen LogP contribution in [0.3, 0.4) is 0 Å². The van der Waals surface area contributed by atoms with Crippen molar-refractivity contribution in [1.29, 1.82) is 0 Å². The summed E-state index contributed by atoms with van der Waals surface area (Å²) in [5.41, 5.74) is 6.08. The summed E-state index contributed by atoms with van der Waals surface area (Å²) in [6, 6.07) is 4.69. The molecule has 0 fully saturated rings. The summed E-state index contributed by atoms with van der Waals surface area (Å²) in [4.78, 5) is 2.55. The predicted molar refractivity (Wildman–Crippen MR) is 63.4 cm³/mol. The van der Waals surface area contributed by atoms with E-state index >= 15 is 0 Å². The smallest absolute Gasteiger partial charge is 0.0432 e. The van der Waals surface area contributed by atoms with Crippen LogP contribution in [0.2, 0.25) is 0 Å². The van der Waals surface area contributed by atoms with Crippen LogP contribution in [0.5, 0.6) is 0 Å². The average Bonchev–Trinajstić information content (AvgIpc) is 2.64. The van der Waals surface area contributed by atoms with Crippen molar-refractivity contribution >= 4 is 18.3 Å². The zero-order valence-corrected chi connectivity index (χ0v) is 9.19. The largest absolute Gasteiger partial charge is 0.371 e. The number of benzene rings is 1. The van der Waals surface area contributed by atoms with Crippen molar-refractivity contribution in [3.8, 4) is 0 Å². The molecule has 2 aliphatic rings. The second kappa shape index (κ2) is 3.20. The van der Waals surface area contributed by atoms with E-state index in [2.05, 4.69) is 29.7 Å². The van der Waals surface area contributed by atoms with Gasteiger partial charge in [0.25, 0.3) is 0 Å². The second-order valence-electron chi connectivity index (χ2n) is 4.26. The summed E-state index contributed by atoms with van der Waals surface area (Å²) < 4.78 is 0. The summed E-state index contributed by atoms with van der Waals surface area (Å²) in [6.07, 6.45) is 3.83. The predicted octanol–water partition coefficient (Wildman–Crippen LogP) is 2.43. The zero-order valence-electron chi connectivity index (χ0n) is 8.29. The molecule has 74 valence electrons. The first-order valence-corrected chi connectivity index (χ1v) is 6.02.